The van der Waals surface area contributed by atoms with Gasteiger partial charge in [-0.2, -0.15) is 0 Å². The van der Waals surface area contributed by atoms with Crippen LogP contribution < -0.4 is 0 Å². The monoisotopic (exact) mass is 617 g/mol. The van der Waals surface area contributed by atoms with Crippen LogP contribution in [0.4, 0.5) is 4.79 Å². The second kappa shape index (κ2) is 14.9. The highest BCUT2D eigenvalue weighted by Gasteiger charge is 2.20. The average Bonchev–Trinajstić information content (AvgIpc) is 3.53. The molecule has 12 heteroatoms. The van der Waals surface area contributed by atoms with Gasteiger partial charge in [-0.05, 0) is 75.5 Å². The van der Waals surface area contributed by atoms with Crippen LogP contribution >= 0.6 is 23.2 Å². The first-order valence-corrected chi connectivity index (χ1v) is 13.9. The quantitative estimate of drug-likeness (QED) is 0.142. The lowest BCUT2D eigenvalue weighted by molar-refractivity contribution is -0.143. The number of rotatable bonds is 9. The van der Waals surface area contributed by atoms with Gasteiger partial charge in [0.25, 0.3) is 0 Å². The van der Waals surface area contributed by atoms with Gasteiger partial charge in [0.2, 0.25) is 0 Å². The number of hydrogen-bond donors (Lipinski definition) is 1. The van der Waals surface area contributed by atoms with E-state index in [0.717, 1.165) is 33.3 Å². The summed E-state index contributed by atoms with van der Waals surface area (Å²) in [7, 11) is 5.24. The molecular weight excluding hydrogens is 585 g/mol. The molecule has 0 radical (unpaired) electrons. The van der Waals surface area contributed by atoms with Gasteiger partial charge in [0.15, 0.2) is 6.29 Å². The lowest BCUT2D eigenvalue weighted by Crippen LogP contribution is -2.14. The molecule has 0 saturated carbocycles. The van der Waals surface area contributed by atoms with Crippen LogP contribution in [-0.4, -0.2) is 73.2 Å². The molecule has 0 amide bonds. The van der Waals surface area contributed by atoms with Crippen LogP contribution in [0.1, 0.15) is 41.2 Å². The van der Waals surface area contributed by atoms with Gasteiger partial charge in [0, 0.05) is 38.6 Å². The van der Waals surface area contributed by atoms with Gasteiger partial charge in [0.1, 0.15) is 0 Å². The van der Waals surface area contributed by atoms with Gasteiger partial charge in [-0.15, -0.1) is 0 Å². The summed E-state index contributed by atoms with van der Waals surface area (Å²) in [6.45, 7) is 4.95. The molecule has 2 heterocycles. The molecular formula is C30H33Cl2N3O7. The van der Waals surface area contributed by atoms with Crippen molar-refractivity contribution in [3.63, 3.8) is 0 Å². The normalized spacial score (nSPS) is 10.9. The first kappa shape index (κ1) is 32.7. The number of nitrogens with zero attached hydrogens (tertiary/aromatic N) is 2. The van der Waals surface area contributed by atoms with Crippen LogP contribution in [-0.2, 0) is 43.2 Å². The molecule has 4 aromatic rings. The third-order valence-electron chi connectivity index (χ3n) is 6.20. The molecule has 0 fully saturated rings. The number of methoxy groups -OCH3 is 1. The van der Waals surface area contributed by atoms with Gasteiger partial charge in [-0.3, -0.25) is 14.4 Å². The molecule has 0 aliphatic rings. The van der Waals surface area contributed by atoms with Crippen LogP contribution in [0.15, 0.2) is 36.4 Å². The van der Waals surface area contributed by atoms with Gasteiger partial charge >= 0.3 is 18.0 Å². The summed E-state index contributed by atoms with van der Waals surface area (Å²) in [5.74, 6) is -0.687. The fourth-order valence-electron chi connectivity index (χ4n) is 4.51. The van der Waals surface area contributed by atoms with Crippen molar-refractivity contribution in [2.24, 2.45) is 0 Å². The lowest BCUT2D eigenvalue weighted by Gasteiger charge is -2.08. The molecule has 10 nitrogen and oxygen atoms in total. The molecule has 0 spiro atoms. The van der Waals surface area contributed by atoms with Gasteiger partial charge in [-0.1, -0.05) is 23.2 Å². The highest BCUT2D eigenvalue weighted by atomic mass is 35.5. The Bertz CT molecular complexity index is 1610. The van der Waals surface area contributed by atoms with E-state index in [0.29, 0.717) is 39.4 Å². The van der Waals surface area contributed by atoms with E-state index in [9.17, 15) is 19.2 Å². The zero-order chi connectivity index (χ0) is 31.0. The summed E-state index contributed by atoms with van der Waals surface area (Å²) in [4.78, 5) is 51.9. The number of H-pyrrole nitrogens is 1. The van der Waals surface area contributed by atoms with Gasteiger partial charge in [0.05, 0.1) is 44.4 Å². The number of ether oxygens (including phenoxy) is 3. The Morgan fingerprint density at radius 3 is 2.00 bits per heavy atom. The maximum Gasteiger partial charge on any atom is 0.418 e. The molecule has 2 aromatic carbocycles. The molecule has 0 aliphatic carbocycles. The van der Waals surface area contributed by atoms with Crippen molar-refractivity contribution in [3.8, 4) is 0 Å². The topological polar surface area (TPSA) is 120 Å². The molecule has 0 unspecified atom stereocenters. The number of nitrogens with one attached hydrogen (secondary N) is 1. The number of aromatic amines is 1. The summed E-state index contributed by atoms with van der Waals surface area (Å²) in [5.41, 5.74) is 3.97. The molecule has 224 valence electrons. The smallest absolute Gasteiger partial charge is 0.418 e. The standard InChI is InChI=1S/C15H19ClN2O2.C15H14ClNO5/c1-4-20-15(19)8-11-12-7-10(9-18(2)3)17-14(12)6-5-13(11)16;1-3-22-14(19)7-10-11-6-9(8-18)17(15(20)21-2)13(11)5-4-12(10)16/h5-7,17H,4,8-9H2,1-3H3;4-6,8H,3,7H2,1-2H3. The first-order valence-electron chi connectivity index (χ1n) is 13.2. The van der Waals surface area contributed by atoms with E-state index in [1.807, 2.05) is 26.2 Å². The number of esters is 2. The molecule has 0 bridgehead atoms. The summed E-state index contributed by atoms with van der Waals surface area (Å²) in [6.07, 6.45) is -0.00283. The van der Waals surface area contributed by atoms with Crippen molar-refractivity contribution in [1.82, 2.24) is 14.5 Å². The minimum Gasteiger partial charge on any atom is -0.466 e. The van der Waals surface area contributed by atoms with E-state index in [1.165, 1.54) is 13.2 Å². The zero-order valence-corrected chi connectivity index (χ0v) is 25.6. The number of hydrogen-bond acceptors (Lipinski definition) is 8. The SMILES string of the molecule is CCOC(=O)Cc1c(Cl)ccc2[nH]c(CN(C)C)cc12.CCOC(=O)Cc1c(Cl)ccc2c1cc(C=O)n2C(=O)OC. The van der Waals surface area contributed by atoms with Gasteiger partial charge < -0.3 is 24.1 Å². The first-order chi connectivity index (χ1) is 20.0. The van der Waals surface area contributed by atoms with Crippen molar-refractivity contribution >= 4 is 69.3 Å². The minimum absolute atomic E-state index is 0.0481. The Balaban J connectivity index is 0.000000231. The molecule has 0 saturated heterocycles. The Morgan fingerprint density at radius 1 is 0.905 bits per heavy atom. The van der Waals surface area contributed by atoms with E-state index >= 15 is 0 Å². The zero-order valence-electron chi connectivity index (χ0n) is 24.1. The number of halogens is 2. The molecule has 0 atom stereocenters. The van der Waals surface area contributed by atoms with Crippen molar-refractivity contribution in [1.29, 1.82) is 0 Å². The largest absolute Gasteiger partial charge is 0.466 e. The van der Waals surface area contributed by atoms with Crippen LogP contribution in [0, 0.1) is 0 Å². The summed E-state index contributed by atoms with van der Waals surface area (Å²) < 4.78 is 15.7. The lowest BCUT2D eigenvalue weighted by atomic mass is 10.1. The van der Waals surface area contributed by atoms with E-state index < -0.39 is 12.1 Å². The van der Waals surface area contributed by atoms with Crippen LogP contribution in [0.5, 0.6) is 0 Å². The third kappa shape index (κ3) is 7.70. The summed E-state index contributed by atoms with van der Waals surface area (Å²) in [6, 6.07) is 10.5. The van der Waals surface area contributed by atoms with Crippen molar-refractivity contribution in [2.45, 2.75) is 33.2 Å². The number of fused-ring (bicyclic) bond motifs is 2. The van der Waals surface area contributed by atoms with Crippen LogP contribution in [0.25, 0.3) is 21.8 Å². The van der Waals surface area contributed by atoms with E-state index in [4.69, 9.17) is 32.7 Å². The number of benzene rings is 2. The predicted molar refractivity (Wildman–Crippen MR) is 162 cm³/mol. The second-order valence-electron chi connectivity index (χ2n) is 9.43. The third-order valence-corrected chi connectivity index (χ3v) is 6.91. The fourth-order valence-corrected chi connectivity index (χ4v) is 4.97. The van der Waals surface area contributed by atoms with Crippen molar-refractivity contribution in [2.75, 3.05) is 34.4 Å². The van der Waals surface area contributed by atoms with E-state index in [2.05, 4.69) is 20.7 Å². The van der Waals surface area contributed by atoms with E-state index in [-0.39, 0.29) is 31.1 Å². The Hall–Kier alpha value is -3.86. The number of aldehydes is 1. The Morgan fingerprint density at radius 2 is 1.48 bits per heavy atom. The van der Waals surface area contributed by atoms with Gasteiger partial charge in [-0.25, -0.2) is 9.36 Å². The highest BCUT2D eigenvalue weighted by Crippen LogP contribution is 2.30. The summed E-state index contributed by atoms with van der Waals surface area (Å²) in [5, 5.41) is 2.48. The number of aromatic nitrogens is 2. The highest BCUT2D eigenvalue weighted by molar-refractivity contribution is 6.33. The Labute approximate surface area is 253 Å². The number of carbonyl (C=O) groups is 4. The molecule has 1 N–H and O–H groups in total. The fraction of sp³-hybridized carbons (Fsp3) is 0.333. The number of carbonyl (C=O) groups excluding carboxylic acids is 4. The molecule has 2 aromatic heterocycles. The molecule has 0 aliphatic heterocycles. The van der Waals surface area contributed by atoms with Crippen molar-refractivity contribution in [3.05, 3.63) is 69.0 Å². The second-order valence-corrected chi connectivity index (χ2v) is 10.2. The Kier molecular flexibility index (Phi) is 11.6. The van der Waals surface area contributed by atoms with Crippen LogP contribution in [0.3, 0.4) is 0 Å². The van der Waals surface area contributed by atoms with E-state index in [1.54, 1.807) is 26.0 Å². The van der Waals surface area contributed by atoms with Crippen molar-refractivity contribution < 1.29 is 33.4 Å². The predicted octanol–water partition coefficient (Wildman–Crippen LogP) is 5.82. The van der Waals surface area contributed by atoms with Crippen LogP contribution in [0.2, 0.25) is 10.0 Å². The summed E-state index contributed by atoms with van der Waals surface area (Å²) >= 11 is 12.4. The minimum atomic E-state index is -0.693. The molecule has 42 heavy (non-hydrogen) atoms. The average molecular weight is 619 g/mol. The molecule has 4 rings (SSSR count). The maximum atomic E-state index is 11.8. The maximum absolute atomic E-state index is 11.8.